The molecule has 1 heterocycles. The van der Waals surface area contributed by atoms with Gasteiger partial charge in [-0.05, 0) is 60.4 Å². The van der Waals surface area contributed by atoms with Gasteiger partial charge in [0.25, 0.3) is 0 Å². The Morgan fingerprint density at radius 3 is 2.64 bits per heavy atom. The number of aryl methyl sites for hydroxylation is 1. The van der Waals surface area contributed by atoms with Crippen molar-refractivity contribution in [2.75, 3.05) is 0 Å². The number of nitrogens with zero attached hydrogens (tertiary/aromatic N) is 1. The first kappa shape index (κ1) is 17.0. The molecule has 0 amide bonds. The lowest BCUT2D eigenvalue weighted by atomic mass is 9.99. The van der Waals surface area contributed by atoms with Crippen molar-refractivity contribution in [1.82, 2.24) is 4.98 Å². The van der Waals surface area contributed by atoms with E-state index in [4.69, 9.17) is 9.84 Å². The third-order valence-electron chi connectivity index (χ3n) is 3.96. The van der Waals surface area contributed by atoms with E-state index in [-0.39, 0.29) is 12.5 Å². The number of carbonyl (C=O) groups is 1. The Balaban J connectivity index is 1.94. The van der Waals surface area contributed by atoms with Crippen LogP contribution in [-0.2, 0) is 11.2 Å². The summed E-state index contributed by atoms with van der Waals surface area (Å²) < 4.78 is 5.82. The zero-order chi connectivity index (χ0) is 17.8. The zero-order valence-corrected chi connectivity index (χ0v) is 14.4. The molecule has 0 bridgehead atoms. The molecular weight excluding hydrogens is 314 g/mol. The van der Waals surface area contributed by atoms with Crippen LogP contribution in [0.1, 0.15) is 25.8 Å². The number of rotatable bonds is 6. The predicted molar refractivity (Wildman–Crippen MR) is 98.9 cm³/mol. The lowest BCUT2D eigenvalue weighted by molar-refractivity contribution is -0.136. The number of pyridine rings is 1. The SMILES string of the molecule is CC(C)Oc1ncccc1-c1ccc2cc(CCC(=O)O)ccc2c1. The Morgan fingerprint density at radius 1 is 1.12 bits per heavy atom. The second-order valence-electron chi connectivity index (χ2n) is 6.31. The first-order chi connectivity index (χ1) is 12.0. The van der Waals surface area contributed by atoms with E-state index in [9.17, 15) is 4.79 Å². The maximum Gasteiger partial charge on any atom is 0.303 e. The van der Waals surface area contributed by atoms with Gasteiger partial charge in [-0.3, -0.25) is 4.79 Å². The maximum atomic E-state index is 10.7. The van der Waals surface area contributed by atoms with Crippen molar-refractivity contribution in [3.8, 4) is 17.0 Å². The Kier molecular flexibility index (Phi) is 4.98. The molecule has 2 aromatic carbocycles. The maximum absolute atomic E-state index is 10.7. The summed E-state index contributed by atoms with van der Waals surface area (Å²) in [5, 5.41) is 11.0. The lowest BCUT2D eigenvalue weighted by Crippen LogP contribution is -2.07. The van der Waals surface area contributed by atoms with E-state index >= 15 is 0 Å². The molecule has 0 aliphatic carbocycles. The molecule has 0 saturated heterocycles. The number of benzene rings is 2. The zero-order valence-electron chi connectivity index (χ0n) is 14.4. The highest BCUT2D eigenvalue weighted by Gasteiger charge is 2.10. The van der Waals surface area contributed by atoms with Crippen LogP contribution in [0, 0.1) is 0 Å². The van der Waals surface area contributed by atoms with Crippen LogP contribution in [-0.4, -0.2) is 22.2 Å². The summed E-state index contributed by atoms with van der Waals surface area (Å²) in [5.74, 6) is -0.139. The number of aliphatic carboxylic acids is 1. The van der Waals surface area contributed by atoms with Crippen molar-refractivity contribution in [2.24, 2.45) is 0 Å². The van der Waals surface area contributed by atoms with Gasteiger partial charge < -0.3 is 9.84 Å². The molecule has 0 radical (unpaired) electrons. The van der Waals surface area contributed by atoms with E-state index < -0.39 is 5.97 Å². The second kappa shape index (κ2) is 7.34. The Morgan fingerprint density at radius 2 is 1.88 bits per heavy atom. The van der Waals surface area contributed by atoms with E-state index in [1.54, 1.807) is 6.20 Å². The van der Waals surface area contributed by atoms with Gasteiger partial charge in [-0.1, -0.05) is 30.3 Å². The van der Waals surface area contributed by atoms with Crippen LogP contribution >= 0.6 is 0 Å². The minimum atomic E-state index is -0.773. The first-order valence-corrected chi connectivity index (χ1v) is 8.39. The van der Waals surface area contributed by atoms with Crippen molar-refractivity contribution in [3.05, 3.63) is 60.3 Å². The van der Waals surface area contributed by atoms with E-state index in [0.717, 1.165) is 27.5 Å². The molecule has 0 aliphatic heterocycles. The second-order valence-corrected chi connectivity index (χ2v) is 6.31. The molecule has 0 atom stereocenters. The summed E-state index contributed by atoms with van der Waals surface area (Å²) in [7, 11) is 0. The van der Waals surface area contributed by atoms with Gasteiger partial charge in [-0.15, -0.1) is 0 Å². The topological polar surface area (TPSA) is 59.4 Å². The standard InChI is InChI=1S/C21H21NO3/c1-14(2)25-21-19(4-3-11-22-21)18-9-8-16-12-15(6-10-20(23)24)5-7-17(16)13-18/h3-5,7-9,11-14H,6,10H2,1-2H3,(H,23,24). The summed E-state index contributed by atoms with van der Waals surface area (Å²) >= 11 is 0. The third-order valence-corrected chi connectivity index (χ3v) is 3.96. The number of hydrogen-bond acceptors (Lipinski definition) is 3. The average Bonchev–Trinajstić information content (AvgIpc) is 2.59. The minimum Gasteiger partial charge on any atom is -0.481 e. The number of ether oxygens (including phenoxy) is 1. The quantitative estimate of drug-likeness (QED) is 0.709. The molecule has 3 aromatic rings. The number of carboxylic acid groups (broad SMARTS) is 1. The molecule has 0 spiro atoms. The Bertz CT molecular complexity index is 903. The largest absolute Gasteiger partial charge is 0.481 e. The third kappa shape index (κ3) is 4.15. The molecular formula is C21H21NO3. The number of carboxylic acids is 1. The van der Waals surface area contributed by atoms with Gasteiger partial charge in [0.05, 0.1) is 6.10 Å². The first-order valence-electron chi connectivity index (χ1n) is 8.39. The van der Waals surface area contributed by atoms with Gasteiger partial charge in [0.1, 0.15) is 0 Å². The predicted octanol–water partition coefficient (Wildman–Crippen LogP) is 4.71. The van der Waals surface area contributed by atoms with E-state index in [1.165, 1.54) is 0 Å². The summed E-state index contributed by atoms with van der Waals surface area (Å²) in [5.41, 5.74) is 3.05. The van der Waals surface area contributed by atoms with E-state index in [0.29, 0.717) is 12.3 Å². The van der Waals surface area contributed by atoms with Crippen molar-refractivity contribution in [3.63, 3.8) is 0 Å². The van der Waals surface area contributed by atoms with Crippen LogP contribution in [0.2, 0.25) is 0 Å². The minimum absolute atomic E-state index is 0.0610. The lowest BCUT2D eigenvalue weighted by Gasteiger charge is -2.13. The van der Waals surface area contributed by atoms with Crippen molar-refractivity contribution in [1.29, 1.82) is 0 Å². The average molecular weight is 335 g/mol. The van der Waals surface area contributed by atoms with E-state index in [1.807, 2.05) is 44.2 Å². The molecule has 4 heteroatoms. The summed E-state index contributed by atoms with van der Waals surface area (Å²) in [6.07, 6.45) is 2.49. The van der Waals surface area contributed by atoms with E-state index in [2.05, 4.69) is 23.2 Å². The van der Waals surface area contributed by atoms with Crippen LogP contribution in [0.5, 0.6) is 5.88 Å². The number of aromatic nitrogens is 1. The summed E-state index contributed by atoms with van der Waals surface area (Å²) in [4.78, 5) is 15.1. The van der Waals surface area contributed by atoms with Gasteiger partial charge in [0, 0.05) is 18.2 Å². The van der Waals surface area contributed by atoms with Crippen LogP contribution in [0.4, 0.5) is 0 Å². The molecule has 128 valence electrons. The molecule has 0 aliphatic rings. The summed E-state index contributed by atoms with van der Waals surface area (Å²) in [6, 6.07) is 16.2. The number of fused-ring (bicyclic) bond motifs is 1. The van der Waals surface area contributed by atoms with Crippen molar-refractivity contribution >= 4 is 16.7 Å². The van der Waals surface area contributed by atoms with Gasteiger partial charge in [0.2, 0.25) is 5.88 Å². The van der Waals surface area contributed by atoms with Gasteiger partial charge in [-0.25, -0.2) is 4.98 Å². The molecule has 1 aromatic heterocycles. The van der Waals surface area contributed by atoms with Crippen LogP contribution in [0.15, 0.2) is 54.7 Å². The molecule has 0 fully saturated rings. The molecule has 3 rings (SSSR count). The highest BCUT2D eigenvalue weighted by molar-refractivity contribution is 5.88. The fourth-order valence-corrected chi connectivity index (χ4v) is 2.80. The fourth-order valence-electron chi connectivity index (χ4n) is 2.80. The number of hydrogen-bond donors (Lipinski definition) is 1. The normalized spacial score (nSPS) is 11.0. The molecule has 4 nitrogen and oxygen atoms in total. The Hall–Kier alpha value is -2.88. The van der Waals surface area contributed by atoms with Crippen LogP contribution < -0.4 is 4.74 Å². The smallest absolute Gasteiger partial charge is 0.303 e. The van der Waals surface area contributed by atoms with Gasteiger partial charge in [0.15, 0.2) is 0 Å². The molecule has 25 heavy (non-hydrogen) atoms. The summed E-state index contributed by atoms with van der Waals surface area (Å²) in [6.45, 7) is 3.97. The fraction of sp³-hybridized carbons (Fsp3) is 0.238. The van der Waals surface area contributed by atoms with Crippen LogP contribution in [0.25, 0.3) is 21.9 Å². The van der Waals surface area contributed by atoms with Crippen LogP contribution in [0.3, 0.4) is 0 Å². The highest BCUT2D eigenvalue weighted by Crippen LogP contribution is 2.31. The van der Waals surface area contributed by atoms with Gasteiger partial charge in [-0.2, -0.15) is 0 Å². The van der Waals surface area contributed by atoms with Crippen molar-refractivity contribution < 1.29 is 14.6 Å². The molecule has 0 unspecified atom stereocenters. The Labute approximate surface area is 147 Å². The monoisotopic (exact) mass is 335 g/mol. The van der Waals surface area contributed by atoms with Gasteiger partial charge >= 0.3 is 5.97 Å². The highest BCUT2D eigenvalue weighted by atomic mass is 16.5. The molecule has 0 saturated carbocycles. The molecule has 1 N–H and O–H groups in total. The van der Waals surface area contributed by atoms with Crippen molar-refractivity contribution in [2.45, 2.75) is 32.8 Å².